The summed E-state index contributed by atoms with van der Waals surface area (Å²) in [4.78, 5) is 22.9. The second-order valence-electron chi connectivity index (χ2n) is 3.94. The van der Waals surface area contributed by atoms with Crippen molar-refractivity contribution in [2.75, 3.05) is 0 Å². The molecule has 0 saturated heterocycles. The quantitative estimate of drug-likeness (QED) is 0.557. The molecule has 1 aliphatic carbocycles. The van der Waals surface area contributed by atoms with Crippen LogP contribution in [-0.2, 0) is 17.6 Å². The highest BCUT2D eigenvalue weighted by Gasteiger charge is 2.17. The maximum Gasteiger partial charge on any atom is 0.228 e. The van der Waals surface area contributed by atoms with Crippen LogP contribution in [0.3, 0.4) is 0 Å². The molecule has 0 spiro atoms. The first-order chi connectivity index (χ1) is 7.22. The largest absolute Gasteiger partial charge is 0.290 e. The van der Waals surface area contributed by atoms with Crippen molar-refractivity contribution in [3.63, 3.8) is 0 Å². The van der Waals surface area contributed by atoms with Crippen LogP contribution in [0.5, 0.6) is 0 Å². The molecule has 0 N–H and O–H groups in total. The summed E-state index contributed by atoms with van der Waals surface area (Å²) in [5.41, 5.74) is 3.13. The Bertz CT molecular complexity index is 419. The van der Waals surface area contributed by atoms with E-state index in [1.165, 1.54) is 11.1 Å². The van der Waals surface area contributed by atoms with Gasteiger partial charge < -0.3 is 0 Å². The smallest absolute Gasteiger partial charge is 0.228 e. The van der Waals surface area contributed by atoms with Crippen LogP contribution in [0.15, 0.2) is 18.2 Å². The van der Waals surface area contributed by atoms with Gasteiger partial charge in [-0.3, -0.25) is 9.59 Å². The lowest BCUT2D eigenvalue weighted by atomic mass is 10.0. The molecule has 0 aliphatic heterocycles. The normalized spacial score (nSPS) is 13.7. The Morgan fingerprint density at radius 1 is 1.20 bits per heavy atom. The van der Waals surface area contributed by atoms with Crippen LogP contribution in [0.1, 0.15) is 41.3 Å². The van der Waals surface area contributed by atoms with E-state index in [1.807, 2.05) is 12.1 Å². The molecule has 2 heteroatoms. The molecule has 0 heterocycles. The number of benzene rings is 1. The van der Waals surface area contributed by atoms with Gasteiger partial charge in [-0.2, -0.15) is 0 Å². The minimum Gasteiger partial charge on any atom is -0.290 e. The number of hydrogen-bond donors (Lipinski definition) is 0. The van der Waals surface area contributed by atoms with Crippen molar-refractivity contribution in [3.8, 4) is 0 Å². The van der Waals surface area contributed by atoms with Crippen molar-refractivity contribution in [1.29, 1.82) is 0 Å². The molecular formula is C13H14O2. The van der Waals surface area contributed by atoms with E-state index in [1.54, 1.807) is 13.0 Å². The van der Waals surface area contributed by atoms with Gasteiger partial charge >= 0.3 is 0 Å². The maximum atomic E-state index is 11.6. The van der Waals surface area contributed by atoms with Crippen molar-refractivity contribution in [2.24, 2.45) is 0 Å². The van der Waals surface area contributed by atoms with Crippen molar-refractivity contribution >= 4 is 11.6 Å². The Balaban J connectivity index is 2.30. The fourth-order valence-corrected chi connectivity index (χ4v) is 2.03. The highest BCUT2D eigenvalue weighted by Crippen LogP contribution is 2.23. The molecule has 2 rings (SSSR count). The standard InChI is InChI=1S/C13H14O2/c1-2-12(14)13(15)11-7-6-9-4-3-5-10(9)8-11/h6-8H,2-5H2,1H3. The molecule has 0 atom stereocenters. The number of Topliss-reactive ketones (excluding diaryl/α,β-unsaturated/α-hetero) is 2. The summed E-state index contributed by atoms with van der Waals surface area (Å²) in [6.07, 6.45) is 3.59. The third-order valence-corrected chi connectivity index (χ3v) is 2.94. The van der Waals surface area contributed by atoms with E-state index >= 15 is 0 Å². The van der Waals surface area contributed by atoms with Gasteiger partial charge in [-0.25, -0.2) is 0 Å². The zero-order valence-corrected chi connectivity index (χ0v) is 8.88. The molecule has 78 valence electrons. The van der Waals surface area contributed by atoms with E-state index in [0.29, 0.717) is 5.56 Å². The average molecular weight is 202 g/mol. The van der Waals surface area contributed by atoms with Crippen LogP contribution in [0.4, 0.5) is 0 Å². The minimum atomic E-state index is -0.341. The van der Waals surface area contributed by atoms with Gasteiger partial charge in [0.25, 0.3) is 0 Å². The summed E-state index contributed by atoms with van der Waals surface area (Å²) in [5.74, 6) is -0.639. The summed E-state index contributed by atoms with van der Waals surface area (Å²) >= 11 is 0. The van der Waals surface area contributed by atoms with E-state index in [9.17, 15) is 9.59 Å². The zero-order valence-electron chi connectivity index (χ0n) is 8.88. The highest BCUT2D eigenvalue weighted by atomic mass is 16.2. The van der Waals surface area contributed by atoms with Gasteiger partial charge in [-0.05, 0) is 36.5 Å². The Morgan fingerprint density at radius 3 is 2.67 bits per heavy atom. The molecule has 15 heavy (non-hydrogen) atoms. The van der Waals surface area contributed by atoms with Crippen LogP contribution in [0, 0.1) is 0 Å². The second kappa shape index (κ2) is 3.97. The SMILES string of the molecule is CCC(=O)C(=O)c1ccc2c(c1)CCC2. The molecule has 0 radical (unpaired) electrons. The van der Waals surface area contributed by atoms with Crippen LogP contribution < -0.4 is 0 Å². The third kappa shape index (κ3) is 1.84. The van der Waals surface area contributed by atoms with Crippen LogP contribution in [0.25, 0.3) is 0 Å². The Morgan fingerprint density at radius 2 is 1.93 bits per heavy atom. The molecular weight excluding hydrogens is 188 g/mol. The second-order valence-corrected chi connectivity index (χ2v) is 3.94. The van der Waals surface area contributed by atoms with Gasteiger partial charge in [0.2, 0.25) is 11.6 Å². The van der Waals surface area contributed by atoms with Crippen LogP contribution in [0.2, 0.25) is 0 Å². The highest BCUT2D eigenvalue weighted by molar-refractivity contribution is 6.43. The summed E-state index contributed by atoms with van der Waals surface area (Å²) in [6, 6.07) is 5.65. The van der Waals surface area contributed by atoms with Gasteiger partial charge in [0, 0.05) is 12.0 Å². The number of aryl methyl sites for hydroxylation is 2. The fourth-order valence-electron chi connectivity index (χ4n) is 2.03. The minimum absolute atomic E-state index is 0.288. The molecule has 1 aliphatic rings. The van der Waals surface area contributed by atoms with Gasteiger partial charge in [-0.1, -0.05) is 19.1 Å². The van der Waals surface area contributed by atoms with E-state index < -0.39 is 0 Å². The molecule has 1 aromatic rings. The number of ketones is 2. The molecule has 1 aromatic carbocycles. The van der Waals surface area contributed by atoms with Crippen LogP contribution in [-0.4, -0.2) is 11.6 Å². The van der Waals surface area contributed by atoms with E-state index in [0.717, 1.165) is 19.3 Å². The molecule has 0 saturated carbocycles. The zero-order chi connectivity index (χ0) is 10.8. The Labute approximate surface area is 89.3 Å². The first kappa shape index (κ1) is 10.1. The van der Waals surface area contributed by atoms with Crippen molar-refractivity contribution < 1.29 is 9.59 Å². The molecule has 0 fully saturated rings. The predicted molar refractivity (Wildman–Crippen MR) is 58.1 cm³/mol. The lowest BCUT2D eigenvalue weighted by Gasteiger charge is -2.02. The summed E-state index contributed by atoms with van der Waals surface area (Å²) < 4.78 is 0. The van der Waals surface area contributed by atoms with Crippen LogP contribution >= 0.6 is 0 Å². The summed E-state index contributed by atoms with van der Waals surface area (Å²) in [6.45, 7) is 1.72. The van der Waals surface area contributed by atoms with E-state index in [4.69, 9.17) is 0 Å². The monoisotopic (exact) mass is 202 g/mol. The predicted octanol–water partition coefficient (Wildman–Crippen LogP) is 2.34. The average Bonchev–Trinajstić information content (AvgIpc) is 2.73. The molecule has 0 bridgehead atoms. The van der Waals surface area contributed by atoms with Gasteiger partial charge in [0.15, 0.2) is 0 Å². The Kier molecular flexibility index (Phi) is 2.67. The van der Waals surface area contributed by atoms with Gasteiger partial charge in [0.1, 0.15) is 0 Å². The summed E-state index contributed by atoms with van der Waals surface area (Å²) in [7, 11) is 0. The van der Waals surface area contributed by atoms with E-state index in [2.05, 4.69) is 0 Å². The van der Waals surface area contributed by atoms with Crippen molar-refractivity contribution in [1.82, 2.24) is 0 Å². The lowest BCUT2D eigenvalue weighted by Crippen LogP contribution is -2.12. The number of fused-ring (bicyclic) bond motifs is 1. The molecule has 0 unspecified atom stereocenters. The number of rotatable bonds is 3. The van der Waals surface area contributed by atoms with Gasteiger partial charge in [-0.15, -0.1) is 0 Å². The van der Waals surface area contributed by atoms with E-state index in [-0.39, 0.29) is 18.0 Å². The maximum absolute atomic E-state index is 11.6. The number of carbonyl (C=O) groups is 2. The Hall–Kier alpha value is -1.44. The van der Waals surface area contributed by atoms with Crippen molar-refractivity contribution in [2.45, 2.75) is 32.6 Å². The first-order valence-electron chi connectivity index (χ1n) is 5.41. The lowest BCUT2D eigenvalue weighted by molar-refractivity contribution is -0.114. The first-order valence-corrected chi connectivity index (χ1v) is 5.41. The van der Waals surface area contributed by atoms with Crippen molar-refractivity contribution in [3.05, 3.63) is 34.9 Å². The molecule has 0 amide bonds. The fraction of sp³-hybridized carbons (Fsp3) is 0.385. The number of carbonyl (C=O) groups excluding carboxylic acids is 2. The molecule has 2 nitrogen and oxygen atoms in total. The third-order valence-electron chi connectivity index (χ3n) is 2.94. The summed E-state index contributed by atoms with van der Waals surface area (Å²) in [5, 5.41) is 0. The number of hydrogen-bond acceptors (Lipinski definition) is 2. The topological polar surface area (TPSA) is 34.1 Å². The van der Waals surface area contributed by atoms with Gasteiger partial charge in [0.05, 0.1) is 0 Å². The molecule has 0 aromatic heterocycles.